The lowest BCUT2D eigenvalue weighted by molar-refractivity contribution is 0.614. The number of halogens is 1. The molecule has 0 saturated heterocycles. The smallest absolute Gasteiger partial charge is 0.185 e. The van der Waals surface area contributed by atoms with Crippen LogP contribution < -0.4 is 11.1 Å². The van der Waals surface area contributed by atoms with E-state index < -0.39 is 0 Å². The highest BCUT2D eigenvalue weighted by Crippen LogP contribution is 2.26. The molecule has 0 spiro atoms. The van der Waals surface area contributed by atoms with Crippen LogP contribution in [0.4, 0.5) is 5.13 Å². The molecule has 1 atom stereocenters. The van der Waals surface area contributed by atoms with Gasteiger partial charge in [0.2, 0.25) is 0 Å². The number of unbranched alkanes of at least 4 members (excludes halogenated alkanes) is 1. The summed E-state index contributed by atoms with van der Waals surface area (Å²) in [5.41, 5.74) is 5.66. The molecule has 6 heteroatoms. The summed E-state index contributed by atoms with van der Waals surface area (Å²) in [5.74, 6) is 0. The van der Waals surface area contributed by atoms with Crippen LogP contribution in [-0.4, -0.2) is 17.6 Å². The minimum absolute atomic E-state index is 0.203. The molecule has 0 amide bonds. The lowest BCUT2D eigenvalue weighted by Gasteiger charge is -2.15. The van der Waals surface area contributed by atoms with E-state index in [2.05, 4.69) is 17.2 Å². The van der Waals surface area contributed by atoms with E-state index >= 15 is 0 Å². The first kappa shape index (κ1) is 13.2. The quantitative estimate of drug-likeness (QED) is 0.823. The largest absolute Gasteiger partial charge is 0.357 e. The Morgan fingerprint density at radius 2 is 2.44 bits per heavy atom. The number of aromatic nitrogens is 1. The summed E-state index contributed by atoms with van der Waals surface area (Å²) in [5, 5.41) is 12.9. The second-order valence-corrected chi connectivity index (χ2v) is 4.83. The van der Waals surface area contributed by atoms with E-state index in [4.69, 9.17) is 22.6 Å². The van der Waals surface area contributed by atoms with Crippen molar-refractivity contribution in [2.45, 2.75) is 32.2 Å². The number of rotatable bonds is 6. The number of nitrogens with zero attached hydrogens (tertiary/aromatic N) is 2. The van der Waals surface area contributed by atoms with Crippen molar-refractivity contribution in [3.05, 3.63) is 10.0 Å². The fourth-order valence-electron chi connectivity index (χ4n) is 1.31. The van der Waals surface area contributed by atoms with Crippen LogP contribution >= 0.6 is 22.9 Å². The molecule has 0 aliphatic rings. The van der Waals surface area contributed by atoms with Crippen molar-refractivity contribution in [2.75, 3.05) is 11.9 Å². The van der Waals surface area contributed by atoms with Crippen LogP contribution in [0.1, 0.15) is 31.1 Å². The molecule has 4 nitrogen and oxygen atoms in total. The Balaban J connectivity index is 2.60. The number of hydrogen-bond donors (Lipinski definition) is 2. The van der Waals surface area contributed by atoms with Crippen molar-refractivity contribution in [1.29, 1.82) is 5.26 Å². The van der Waals surface area contributed by atoms with Gasteiger partial charge in [0.25, 0.3) is 0 Å². The first-order valence-electron chi connectivity index (χ1n) is 5.24. The third-order valence-electron chi connectivity index (χ3n) is 2.21. The maximum absolute atomic E-state index is 8.75. The Labute approximate surface area is 104 Å². The zero-order valence-corrected chi connectivity index (χ0v) is 10.7. The Morgan fingerprint density at radius 1 is 1.69 bits per heavy atom. The fraction of sp³-hybridized carbons (Fsp3) is 0.600. The molecule has 1 heterocycles. The van der Waals surface area contributed by atoms with E-state index in [1.807, 2.05) is 6.07 Å². The minimum Gasteiger partial charge on any atom is -0.357 e. The molecule has 1 unspecified atom stereocenters. The molecule has 0 aliphatic heterocycles. The van der Waals surface area contributed by atoms with Gasteiger partial charge < -0.3 is 11.1 Å². The van der Waals surface area contributed by atoms with Gasteiger partial charge in [0.1, 0.15) is 10.9 Å². The van der Waals surface area contributed by atoms with Gasteiger partial charge in [-0.15, -0.1) is 0 Å². The van der Waals surface area contributed by atoms with Crippen LogP contribution in [0.15, 0.2) is 0 Å². The molecule has 1 rings (SSSR count). The molecule has 1 aromatic rings. The Kier molecular flexibility index (Phi) is 5.53. The lowest BCUT2D eigenvalue weighted by atomic mass is 10.1. The van der Waals surface area contributed by atoms with Crippen LogP contribution in [0.2, 0.25) is 5.15 Å². The number of nitrogens with one attached hydrogen (secondary N) is 1. The summed E-state index contributed by atoms with van der Waals surface area (Å²) in [6.45, 7) is 2.70. The number of thiazole rings is 1. The molecule has 0 aromatic carbocycles. The molecule has 0 aliphatic carbocycles. The Morgan fingerprint density at radius 3 is 2.94 bits per heavy atom. The number of hydrogen-bond acceptors (Lipinski definition) is 5. The predicted octanol–water partition coefficient (Wildman–Crippen LogP) is 2.60. The number of nitriles is 1. The van der Waals surface area contributed by atoms with Gasteiger partial charge in [0, 0.05) is 12.6 Å². The maximum Gasteiger partial charge on any atom is 0.185 e. The topological polar surface area (TPSA) is 74.7 Å². The van der Waals surface area contributed by atoms with Gasteiger partial charge >= 0.3 is 0 Å². The van der Waals surface area contributed by atoms with Crippen LogP contribution in [0, 0.1) is 11.3 Å². The van der Waals surface area contributed by atoms with Crippen molar-refractivity contribution in [3.63, 3.8) is 0 Å². The molecule has 88 valence electrons. The standard InChI is InChI=1S/C10H15ClN4S/c1-2-3-4-7(5-12)14-10-15-9(11)8(6-13)16-10/h7H,2-5,12H2,1H3,(H,14,15). The van der Waals surface area contributed by atoms with Gasteiger partial charge in [0.05, 0.1) is 0 Å². The second-order valence-electron chi connectivity index (χ2n) is 3.47. The van der Waals surface area contributed by atoms with E-state index in [-0.39, 0.29) is 11.2 Å². The van der Waals surface area contributed by atoms with E-state index in [0.29, 0.717) is 16.6 Å². The average molecular weight is 259 g/mol. The van der Waals surface area contributed by atoms with E-state index in [9.17, 15) is 0 Å². The maximum atomic E-state index is 8.75. The van der Waals surface area contributed by atoms with Gasteiger partial charge in [-0.2, -0.15) is 5.26 Å². The summed E-state index contributed by atoms with van der Waals surface area (Å²) in [7, 11) is 0. The molecule has 1 aromatic heterocycles. The third-order valence-corrected chi connectivity index (χ3v) is 3.48. The minimum atomic E-state index is 0.203. The summed E-state index contributed by atoms with van der Waals surface area (Å²) in [4.78, 5) is 4.51. The summed E-state index contributed by atoms with van der Waals surface area (Å²) in [6.07, 6.45) is 3.27. The molecule has 0 saturated carbocycles. The second kappa shape index (κ2) is 6.69. The molecular weight excluding hydrogens is 244 g/mol. The summed E-state index contributed by atoms with van der Waals surface area (Å²) >= 11 is 7.05. The van der Waals surface area contributed by atoms with Crippen molar-refractivity contribution in [2.24, 2.45) is 5.73 Å². The van der Waals surface area contributed by atoms with Crippen molar-refractivity contribution < 1.29 is 0 Å². The normalized spacial score (nSPS) is 12.1. The lowest BCUT2D eigenvalue weighted by Crippen LogP contribution is -2.28. The zero-order chi connectivity index (χ0) is 12.0. The van der Waals surface area contributed by atoms with E-state index in [1.54, 1.807) is 0 Å². The number of nitrogens with two attached hydrogens (primary N) is 1. The highest BCUT2D eigenvalue weighted by molar-refractivity contribution is 7.16. The first-order valence-corrected chi connectivity index (χ1v) is 6.43. The highest BCUT2D eigenvalue weighted by Gasteiger charge is 2.12. The monoisotopic (exact) mass is 258 g/mol. The Hall–Kier alpha value is -0.830. The van der Waals surface area contributed by atoms with Crippen LogP contribution in [0.3, 0.4) is 0 Å². The average Bonchev–Trinajstić information content (AvgIpc) is 2.64. The molecule has 0 radical (unpaired) electrons. The van der Waals surface area contributed by atoms with Crippen molar-refractivity contribution >= 4 is 28.1 Å². The zero-order valence-electron chi connectivity index (χ0n) is 9.16. The number of anilines is 1. The Bertz CT molecular complexity index is 371. The SMILES string of the molecule is CCCCC(CN)Nc1nc(Cl)c(C#N)s1. The molecule has 0 bridgehead atoms. The molecule has 3 N–H and O–H groups in total. The van der Waals surface area contributed by atoms with Gasteiger partial charge in [-0.05, 0) is 6.42 Å². The molecule has 0 fully saturated rings. The first-order chi connectivity index (χ1) is 7.71. The van der Waals surface area contributed by atoms with E-state index in [1.165, 1.54) is 11.3 Å². The van der Waals surface area contributed by atoms with Gasteiger partial charge in [0.15, 0.2) is 10.3 Å². The summed E-state index contributed by atoms with van der Waals surface area (Å²) in [6, 6.07) is 2.21. The van der Waals surface area contributed by atoms with Crippen LogP contribution in [0.5, 0.6) is 0 Å². The van der Waals surface area contributed by atoms with E-state index in [0.717, 1.165) is 19.3 Å². The van der Waals surface area contributed by atoms with Crippen LogP contribution in [-0.2, 0) is 0 Å². The molecule has 16 heavy (non-hydrogen) atoms. The van der Waals surface area contributed by atoms with Gasteiger partial charge in [-0.1, -0.05) is 42.7 Å². The molecular formula is C10H15ClN4S. The van der Waals surface area contributed by atoms with Gasteiger partial charge in [-0.3, -0.25) is 0 Å². The fourth-order valence-corrected chi connectivity index (χ4v) is 2.33. The van der Waals surface area contributed by atoms with Gasteiger partial charge in [-0.25, -0.2) is 4.98 Å². The van der Waals surface area contributed by atoms with Crippen molar-refractivity contribution in [1.82, 2.24) is 4.98 Å². The van der Waals surface area contributed by atoms with Crippen molar-refractivity contribution in [3.8, 4) is 6.07 Å². The predicted molar refractivity (Wildman–Crippen MR) is 67.8 cm³/mol. The summed E-state index contributed by atoms with van der Waals surface area (Å²) < 4.78 is 0. The third kappa shape index (κ3) is 3.63. The van der Waals surface area contributed by atoms with Crippen LogP contribution in [0.25, 0.3) is 0 Å². The highest BCUT2D eigenvalue weighted by atomic mass is 35.5.